The van der Waals surface area contributed by atoms with Gasteiger partial charge >= 0.3 is 20.4 Å². The van der Waals surface area contributed by atoms with Gasteiger partial charge in [-0.05, 0) is 103 Å². The molecule has 0 amide bonds. The third kappa shape index (κ3) is 6.68. The van der Waals surface area contributed by atoms with Gasteiger partial charge in [0.25, 0.3) is 0 Å². The summed E-state index contributed by atoms with van der Waals surface area (Å²) in [6.07, 6.45) is 2.82. The van der Waals surface area contributed by atoms with Crippen LogP contribution in [0.25, 0.3) is 44.4 Å². The van der Waals surface area contributed by atoms with Crippen LogP contribution in [0.5, 0.6) is 11.5 Å². The van der Waals surface area contributed by atoms with Gasteiger partial charge in [0.05, 0.1) is 5.69 Å². The molecule has 7 aromatic rings. The molecule has 0 aliphatic heterocycles. The van der Waals surface area contributed by atoms with E-state index in [9.17, 15) is 0 Å². The van der Waals surface area contributed by atoms with Crippen LogP contribution in [0.1, 0.15) is 86.7 Å². The van der Waals surface area contributed by atoms with E-state index in [1.165, 1.54) is 33.4 Å². The van der Waals surface area contributed by atoms with Crippen molar-refractivity contribution in [1.82, 2.24) is 19.3 Å². The molecule has 3 aromatic heterocycles. The van der Waals surface area contributed by atoms with Gasteiger partial charge < -0.3 is 9.30 Å². The maximum atomic E-state index is 6.63. The summed E-state index contributed by atoms with van der Waals surface area (Å²) in [4.78, 5) is 4.77. The number of hydrogen-bond donors (Lipinski definition) is 0. The van der Waals surface area contributed by atoms with Crippen LogP contribution in [-0.4, -0.2) is 19.3 Å². The summed E-state index contributed by atoms with van der Waals surface area (Å²) in [5, 5.41) is 7.36. The number of fused-ring (bicyclic) bond motifs is 3. The molecule has 0 N–H and O–H groups in total. The molecular formula is C45H46N4OPd. The Morgan fingerprint density at radius 1 is 0.804 bits per heavy atom. The minimum atomic E-state index is 0. The average molecular weight is 765 g/mol. The van der Waals surface area contributed by atoms with Gasteiger partial charge in [-0.15, -0.1) is 41.3 Å². The Labute approximate surface area is 316 Å². The first-order valence-electron chi connectivity index (χ1n) is 17.7. The van der Waals surface area contributed by atoms with Gasteiger partial charge in [0.1, 0.15) is 5.82 Å². The minimum Gasteiger partial charge on any atom is -0.509 e. The fourth-order valence-electron chi connectivity index (χ4n) is 7.17. The molecule has 0 aliphatic rings. The maximum absolute atomic E-state index is 6.63. The van der Waals surface area contributed by atoms with Crippen molar-refractivity contribution in [2.24, 2.45) is 0 Å². The number of aromatic nitrogens is 4. The second-order valence-corrected chi connectivity index (χ2v) is 14.9. The van der Waals surface area contributed by atoms with E-state index >= 15 is 0 Å². The van der Waals surface area contributed by atoms with Crippen LogP contribution in [0.2, 0.25) is 0 Å². The van der Waals surface area contributed by atoms with Crippen molar-refractivity contribution < 1.29 is 25.2 Å². The van der Waals surface area contributed by atoms with E-state index in [1.807, 2.05) is 16.9 Å². The van der Waals surface area contributed by atoms with E-state index < -0.39 is 0 Å². The van der Waals surface area contributed by atoms with Gasteiger partial charge in [-0.3, -0.25) is 4.68 Å². The molecule has 0 spiro atoms. The minimum absolute atomic E-state index is 0. The van der Waals surface area contributed by atoms with Crippen molar-refractivity contribution in [1.29, 1.82) is 0 Å². The predicted octanol–water partition coefficient (Wildman–Crippen LogP) is 11.6. The van der Waals surface area contributed by atoms with Crippen LogP contribution >= 0.6 is 0 Å². The topological polar surface area (TPSA) is 44.9 Å². The number of hydrogen-bond acceptors (Lipinski definition) is 3. The van der Waals surface area contributed by atoms with E-state index in [1.54, 1.807) is 0 Å². The summed E-state index contributed by atoms with van der Waals surface area (Å²) in [6, 6.07) is 32.9. The number of benzene rings is 4. The second kappa shape index (κ2) is 13.9. The van der Waals surface area contributed by atoms with Crippen LogP contribution in [0.3, 0.4) is 0 Å². The average Bonchev–Trinajstić information content (AvgIpc) is 3.56. The van der Waals surface area contributed by atoms with Crippen molar-refractivity contribution in [2.75, 3.05) is 0 Å². The predicted molar refractivity (Wildman–Crippen MR) is 206 cm³/mol. The molecule has 51 heavy (non-hydrogen) atoms. The van der Waals surface area contributed by atoms with Gasteiger partial charge in [0, 0.05) is 34.5 Å². The van der Waals surface area contributed by atoms with Crippen LogP contribution in [-0.2, 0) is 32.3 Å². The zero-order valence-corrected chi connectivity index (χ0v) is 32.9. The van der Waals surface area contributed by atoms with Crippen molar-refractivity contribution >= 4 is 21.8 Å². The molecule has 4 aromatic carbocycles. The number of nitrogens with zero attached hydrogens (tertiary/aromatic N) is 4. The van der Waals surface area contributed by atoms with Crippen LogP contribution in [0.4, 0.5) is 0 Å². The molecule has 0 atom stereocenters. The summed E-state index contributed by atoms with van der Waals surface area (Å²) in [6.45, 7) is 22.1. The zero-order chi connectivity index (χ0) is 35.5. The molecule has 0 radical (unpaired) electrons. The van der Waals surface area contributed by atoms with Gasteiger partial charge in [-0.25, -0.2) is 4.98 Å². The summed E-state index contributed by atoms with van der Waals surface area (Å²) < 4.78 is 10.8. The first kappa shape index (κ1) is 36.3. The van der Waals surface area contributed by atoms with Crippen molar-refractivity contribution in [3.8, 4) is 34.1 Å². The maximum Gasteiger partial charge on any atom is 2.00 e. The first-order valence-corrected chi connectivity index (χ1v) is 17.7. The Morgan fingerprint density at radius 3 is 2.22 bits per heavy atom. The van der Waals surface area contributed by atoms with Gasteiger partial charge in [0.2, 0.25) is 0 Å². The molecule has 3 heterocycles. The molecule has 0 saturated heterocycles. The van der Waals surface area contributed by atoms with E-state index in [0.717, 1.165) is 56.7 Å². The molecule has 7 rings (SSSR count). The Morgan fingerprint density at radius 2 is 1.53 bits per heavy atom. The molecule has 0 aliphatic carbocycles. The summed E-state index contributed by atoms with van der Waals surface area (Å²) in [7, 11) is 0. The number of rotatable bonds is 7. The molecule has 0 saturated carbocycles. The quantitative estimate of drug-likeness (QED) is 0.120. The van der Waals surface area contributed by atoms with Gasteiger partial charge in [-0.1, -0.05) is 77.4 Å². The molecule has 5 nitrogen and oxygen atoms in total. The molecule has 0 bridgehead atoms. The van der Waals surface area contributed by atoms with E-state index in [-0.39, 0.29) is 31.8 Å². The molecular weight excluding hydrogens is 719 g/mol. The van der Waals surface area contributed by atoms with Crippen LogP contribution < -0.4 is 4.74 Å². The van der Waals surface area contributed by atoms with Crippen molar-refractivity contribution in [2.45, 2.75) is 87.0 Å². The number of ether oxygens (including phenoxy) is 1. The fourth-order valence-corrected chi connectivity index (χ4v) is 7.17. The first-order chi connectivity index (χ1) is 23.8. The summed E-state index contributed by atoms with van der Waals surface area (Å²) in [5.74, 6) is 2.41. The van der Waals surface area contributed by atoms with E-state index in [2.05, 4.69) is 153 Å². The van der Waals surface area contributed by atoms with Crippen LogP contribution in [0.15, 0.2) is 79.0 Å². The largest absolute Gasteiger partial charge is 2.00 e. The number of para-hydroxylation sites is 1. The standard InChI is InChI=1S/C45H46N4O.Pd/c1-11-32-18-19-46-42(22-32)48-40-15-13-12-14-38(40)39-17-16-36(26-41(39)48)50-37-24-33(27(2)3)23-35(25-37)49-31(7)44(30(6)47-49)43-28(4)20-34(21-29(43)5)45(8,9)10;/h12-24,27H,11H2,1-10H3;/q-2;+2. The SMILES string of the molecule is CCc1ccnc(-n2c3[c-]c(Oc4[c-]c(-n5nc(C)c(-c6c(C)cc(C(C)(C)C)cc6C)c5C)cc(C(C)C)c4)ccc3c3ccccc32)c1.[Pd+2]. The Hall–Kier alpha value is -4.50. The smallest absolute Gasteiger partial charge is 0.509 e. The third-order valence-corrected chi connectivity index (χ3v) is 9.91. The molecule has 0 fully saturated rings. The number of aryl methyl sites for hydroxylation is 4. The monoisotopic (exact) mass is 764 g/mol. The summed E-state index contributed by atoms with van der Waals surface area (Å²) >= 11 is 0. The second-order valence-electron chi connectivity index (χ2n) is 14.9. The normalized spacial score (nSPS) is 11.8. The Kier molecular flexibility index (Phi) is 9.90. The summed E-state index contributed by atoms with van der Waals surface area (Å²) in [5.41, 5.74) is 13.7. The Balaban J connectivity index is 0.00000448. The third-order valence-electron chi connectivity index (χ3n) is 9.91. The number of pyridine rings is 1. The van der Waals surface area contributed by atoms with Crippen molar-refractivity contribution in [3.05, 3.63) is 130 Å². The Bertz CT molecular complexity index is 2380. The van der Waals surface area contributed by atoms with Crippen molar-refractivity contribution in [3.63, 3.8) is 0 Å². The van der Waals surface area contributed by atoms with Crippen LogP contribution in [0, 0.1) is 39.8 Å². The fraction of sp³-hybridized carbons (Fsp3) is 0.289. The molecule has 262 valence electrons. The molecule has 0 unspecified atom stereocenters. The van der Waals surface area contributed by atoms with E-state index in [4.69, 9.17) is 14.8 Å². The molecule has 6 heteroatoms. The van der Waals surface area contributed by atoms with E-state index in [0.29, 0.717) is 11.5 Å². The van der Waals surface area contributed by atoms with Gasteiger partial charge in [0.15, 0.2) is 0 Å². The zero-order valence-electron chi connectivity index (χ0n) is 31.3. The van der Waals surface area contributed by atoms with Gasteiger partial charge in [-0.2, -0.15) is 11.2 Å².